The Hall–Kier alpha value is -1.52. The molecule has 2 bridgehead atoms. The summed E-state index contributed by atoms with van der Waals surface area (Å²) in [6.07, 6.45) is 4.51. The zero-order valence-corrected chi connectivity index (χ0v) is 14.0. The molecule has 122 valence electrons. The first-order valence-corrected chi connectivity index (χ1v) is 8.57. The summed E-state index contributed by atoms with van der Waals surface area (Å²) in [5.74, 6) is 1.68. The third kappa shape index (κ3) is 1.45. The Kier molecular flexibility index (Phi) is 2.48. The maximum absolute atomic E-state index is 10.7. The number of quaternary nitrogens is 1. The molecule has 5 rings (SSSR count). The van der Waals surface area contributed by atoms with Gasteiger partial charge in [0, 0.05) is 18.4 Å². The molecule has 2 aliphatic heterocycles. The van der Waals surface area contributed by atoms with E-state index in [4.69, 9.17) is 9.47 Å². The van der Waals surface area contributed by atoms with Crippen molar-refractivity contribution >= 4 is 0 Å². The van der Waals surface area contributed by atoms with Crippen molar-refractivity contribution in [1.82, 2.24) is 0 Å². The summed E-state index contributed by atoms with van der Waals surface area (Å²) in [5.41, 5.74) is 4.06. The van der Waals surface area contributed by atoms with Crippen LogP contribution in [-0.4, -0.2) is 55.6 Å². The van der Waals surface area contributed by atoms with Gasteiger partial charge in [-0.05, 0) is 23.6 Å². The highest BCUT2D eigenvalue weighted by atomic mass is 16.5. The molecule has 1 aromatic carbocycles. The zero-order chi connectivity index (χ0) is 16.0. The lowest BCUT2D eigenvalue weighted by molar-refractivity contribution is -0.915. The van der Waals surface area contributed by atoms with Crippen LogP contribution in [-0.2, 0) is 11.8 Å². The van der Waals surface area contributed by atoms with E-state index in [-0.39, 0.29) is 11.5 Å². The van der Waals surface area contributed by atoms with E-state index in [9.17, 15) is 5.11 Å². The van der Waals surface area contributed by atoms with Gasteiger partial charge in [0.05, 0.1) is 39.3 Å². The lowest BCUT2D eigenvalue weighted by Gasteiger charge is -2.56. The average Bonchev–Trinajstić information content (AvgIpc) is 2.88. The molecule has 1 fully saturated rings. The van der Waals surface area contributed by atoms with E-state index in [0.717, 1.165) is 35.4 Å². The topological polar surface area (TPSA) is 38.7 Å². The highest BCUT2D eigenvalue weighted by Crippen LogP contribution is 2.62. The minimum Gasteiger partial charge on any atom is -0.493 e. The Balaban J connectivity index is 1.84. The number of aliphatic hydroxyl groups is 1. The fourth-order valence-corrected chi connectivity index (χ4v) is 5.59. The van der Waals surface area contributed by atoms with Gasteiger partial charge >= 0.3 is 0 Å². The van der Waals surface area contributed by atoms with Gasteiger partial charge in [0.15, 0.2) is 11.5 Å². The minimum absolute atomic E-state index is 0.131. The van der Waals surface area contributed by atoms with E-state index in [2.05, 4.69) is 26.2 Å². The van der Waals surface area contributed by atoms with Crippen LogP contribution >= 0.6 is 0 Å². The monoisotopic (exact) mass is 314 g/mol. The van der Waals surface area contributed by atoms with Gasteiger partial charge in [-0.15, -0.1) is 0 Å². The molecule has 0 saturated carbocycles. The first kappa shape index (κ1) is 13.9. The summed E-state index contributed by atoms with van der Waals surface area (Å²) in [4.78, 5) is 0. The first-order valence-electron chi connectivity index (χ1n) is 8.57. The van der Waals surface area contributed by atoms with Crippen molar-refractivity contribution in [2.45, 2.75) is 42.9 Å². The van der Waals surface area contributed by atoms with E-state index < -0.39 is 6.10 Å². The Morgan fingerprint density at radius 1 is 1.35 bits per heavy atom. The number of hydrogen-bond acceptors (Lipinski definition) is 3. The van der Waals surface area contributed by atoms with Crippen molar-refractivity contribution in [3.8, 4) is 11.5 Å². The second kappa shape index (κ2) is 4.11. The summed E-state index contributed by atoms with van der Waals surface area (Å²) in [6.45, 7) is 1.12. The number of nitrogens with zero attached hydrogens (tertiary/aromatic N) is 1. The molecule has 1 aromatic rings. The maximum atomic E-state index is 10.7. The molecule has 0 amide bonds. The molecular weight excluding hydrogens is 290 g/mol. The van der Waals surface area contributed by atoms with Crippen LogP contribution in [0.2, 0.25) is 0 Å². The van der Waals surface area contributed by atoms with Gasteiger partial charge in [0.1, 0.15) is 12.1 Å². The third-order valence-electron chi connectivity index (χ3n) is 6.75. The first-order chi connectivity index (χ1) is 11.0. The van der Waals surface area contributed by atoms with Crippen LogP contribution in [0.1, 0.15) is 24.0 Å². The van der Waals surface area contributed by atoms with E-state index in [1.165, 1.54) is 16.7 Å². The Morgan fingerprint density at radius 2 is 2.17 bits per heavy atom. The van der Waals surface area contributed by atoms with Crippen molar-refractivity contribution in [2.75, 3.05) is 27.7 Å². The standard InChI is InChI=1S/C19H24NO3/c1-20(2)9-8-19-12-5-6-14(21)18(19)23-17-15(22-3)7-4-11(16(17)19)10-13(12)20/h4-5,7,13-14,18,21H,6,8-10H2,1-3H3/q+1/t13-,14+,18+,19+/m1/s1. The molecule has 2 heterocycles. The molecule has 4 aliphatic rings. The van der Waals surface area contributed by atoms with E-state index in [1.807, 2.05) is 6.07 Å². The minimum atomic E-state index is -0.434. The number of hydrogen-bond donors (Lipinski definition) is 1. The highest BCUT2D eigenvalue weighted by Gasteiger charge is 2.65. The SMILES string of the molecule is COc1ccc2c3c1O[C@H]1[C@@H](O)CC=C4[C@@H](C2)[N+](C)(C)CC[C@]431. The lowest BCUT2D eigenvalue weighted by atomic mass is 9.55. The molecule has 4 nitrogen and oxygen atoms in total. The number of ether oxygens (including phenoxy) is 2. The summed E-state index contributed by atoms with van der Waals surface area (Å²) in [7, 11) is 6.37. The summed E-state index contributed by atoms with van der Waals surface area (Å²) >= 11 is 0. The fourth-order valence-electron chi connectivity index (χ4n) is 5.59. The number of aliphatic hydroxyl groups excluding tert-OH is 1. The Morgan fingerprint density at radius 3 is 2.96 bits per heavy atom. The Bertz CT molecular complexity index is 738. The van der Waals surface area contributed by atoms with E-state index in [0.29, 0.717) is 12.5 Å². The second-order valence-electron chi connectivity index (χ2n) is 8.08. The number of methoxy groups -OCH3 is 1. The van der Waals surface area contributed by atoms with Crippen molar-refractivity contribution in [3.05, 3.63) is 34.9 Å². The van der Waals surface area contributed by atoms with Gasteiger partial charge < -0.3 is 19.1 Å². The van der Waals surface area contributed by atoms with E-state index >= 15 is 0 Å². The molecule has 4 heteroatoms. The predicted octanol–water partition coefficient (Wildman–Crippen LogP) is 1.79. The van der Waals surface area contributed by atoms with Crippen LogP contribution in [0.4, 0.5) is 0 Å². The highest BCUT2D eigenvalue weighted by molar-refractivity contribution is 5.65. The fraction of sp³-hybridized carbons (Fsp3) is 0.579. The van der Waals surface area contributed by atoms with Gasteiger partial charge in [-0.25, -0.2) is 0 Å². The van der Waals surface area contributed by atoms with Crippen LogP contribution < -0.4 is 9.47 Å². The molecule has 2 aliphatic carbocycles. The summed E-state index contributed by atoms with van der Waals surface area (Å²) in [6, 6.07) is 4.73. The third-order valence-corrected chi connectivity index (χ3v) is 6.75. The van der Waals surface area contributed by atoms with Crippen LogP contribution in [0, 0.1) is 0 Å². The smallest absolute Gasteiger partial charge is 0.166 e. The van der Waals surface area contributed by atoms with Crippen molar-refractivity contribution in [3.63, 3.8) is 0 Å². The number of piperidine rings is 1. The van der Waals surface area contributed by atoms with Gasteiger partial charge in [-0.1, -0.05) is 12.1 Å². The molecule has 23 heavy (non-hydrogen) atoms. The van der Waals surface area contributed by atoms with Crippen LogP contribution in [0.5, 0.6) is 11.5 Å². The molecular formula is C19H24NO3+. The van der Waals surface area contributed by atoms with E-state index in [1.54, 1.807) is 7.11 Å². The quantitative estimate of drug-likeness (QED) is 0.634. The lowest BCUT2D eigenvalue weighted by Crippen LogP contribution is -2.66. The maximum Gasteiger partial charge on any atom is 0.166 e. The molecule has 0 unspecified atom stereocenters. The van der Waals surface area contributed by atoms with Crippen molar-refractivity contribution in [2.24, 2.45) is 0 Å². The molecule has 1 spiro atoms. The summed E-state index contributed by atoms with van der Waals surface area (Å²) in [5, 5.41) is 10.7. The van der Waals surface area contributed by atoms with Crippen LogP contribution in [0.25, 0.3) is 0 Å². The molecule has 1 saturated heterocycles. The molecule has 1 N–H and O–H groups in total. The Labute approximate surface area is 136 Å². The number of benzene rings is 1. The summed E-state index contributed by atoms with van der Waals surface area (Å²) < 4.78 is 12.9. The number of likely N-dealkylation sites (tertiary alicyclic amines) is 1. The van der Waals surface area contributed by atoms with Gasteiger partial charge in [0.2, 0.25) is 0 Å². The van der Waals surface area contributed by atoms with Gasteiger partial charge in [-0.3, -0.25) is 0 Å². The molecule has 0 aromatic heterocycles. The average molecular weight is 314 g/mol. The zero-order valence-electron chi connectivity index (χ0n) is 14.0. The van der Waals surface area contributed by atoms with Gasteiger partial charge in [-0.2, -0.15) is 0 Å². The predicted molar refractivity (Wildman–Crippen MR) is 86.9 cm³/mol. The second-order valence-corrected chi connectivity index (χ2v) is 8.08. The normalized spacial score (nSPS) is 38.4. The number of likely N-dealkylation sites (N-methyl/N-ethyl adjacent to an activating group) is 1. The van der Waals surface area contributed by atoms with Gasteiger partial charge in [0.25, 0.3) is 0 Å². The molecule has 0 radical (unpaired) electrons. The largest absolute Gasteiger partial charge is 0.493 e. The van der Waals surface area contributed by atoms with Crippen molar-refractivity contribution < 1.29 is 19.1 Å². The van der Waals surface area contributed by atoms with Crippen LogP contribution in [0.3, 0.4) is 0 Å². The van der Waals surface area contributed by atoms with Crippen LogP contribution in [0.15, 0.2) is 23.8 Å². The molecule has 4 atom stereocenters. The van der Waals surface area contributed by atoms with Crippen molar-refractivity contribution in [1.29, 1.82) is 0 Å². The number of rotatable bonds is 1.